The fraction of sp³-hybridized carbons (Fsp3) is 0.517. The molecule has 14 heteroatoms. The Kier molecular flexibility index (Phi) is 8.59. The molecule has 1 fully saturated rings. The lowest BCUT2D eigenvalue weighted by atomic mass is 9.57. The van der Waals surface area contributed by atoms with Crippen molar-refractivity contribution in [3.8, 4) is 5.75 Å². The Morgan fingerprint density at radius 1 is 1.16 bits per heavy atom. The molecule has 0 radical (unpaired) electrons. The topological polar surface area (TPSA) is 206 Å². The number of phenolic OH excluding ortho intramolecular Hbond substituents is 1. The number of hydrogen-bond donors (Lipinski definition) is 7. The molecule has 0 spiro atoms. The molecular weight excluding hydrogens is 582 g/mol. The van der Waals surface area contributed by atoms with Gasteiger partial charge in [0.1, 0.15) is 22.8 Å². The second-order valence-electron chi connectivity index (χ2n) is 11.8. The van der Waals surface area contributed by atoms with Gasteiger partial charge in [0.05, 0.1) is 28.4 Å². The molecule has 4 rings (SSSR count). The van der Waals surface area contributed by atoms with Crippen LogP contribution < -0.4 is 21.3 Å². The number of amides is 2. The number of likely N-dealkylation sites (N-methyl/N-ethyl adjacent to an activating group) is 1. The van der Waals surface area contributed by atoms with E-state index in [0.29, 0.717) is 17.8 Å². The Balaban J connectivity index is 1.94. The van der Waals surface area contributed by atoms with E-state index in [1.165, 1.54) is 19.0 Å². The van der Waals surface area contributed by atoms with Crippen molar-refractivity contribution in [2.75, 3.05) is 45.0 Å². The summed E-state index contributed by atoms with van der Waals surface area (Å²) < 4.78 is 0. The molecule has 0 aromatic heterocycles. The maximum absolute atomic E-state index is 14.1. The predicted octanol–water partition coefficient (Wildman–Crippen LogP) is 1.01. The summed E-state index contributed by atoms with van der Waals surface area (Å²) in [4.78, 5) is 55.6. The van der Waals surface area contributed by atoms with Gasteiger partial charge in [-0.3, -0.25) is 24.1 Å². The average Bonchev–Trinajstić information content (AvgIpc) is 2.90. The minimum atomic E-state index is -2.76. The fourth-order valence-corrected chi connectivity index (χ4v) is 7.01. The van der Waals surface area contributed by atoms with E-state index >= 15 is 0 Å². The third-order valence-corrected chi connectivity index (χ3v) is 8.96. The van der Waals surface area contributed by atoms with E-state index in [9.17, 15) is 39.6 Å². The standard InChI is InChI=1S/C29H38ClN5O8/c1-7-8-32-11(2)28(42)33-19-18(30)20(34(3)4)13-9-12-10-14-21(35(5)6)24(38)17(27(31)41)26(40)29(14,43)25(39)15(12)22(36)16(13)23(19)37/h11-12,14,21,32,36-37,40,43H,7-10H2,1-6H3,(H2,31,41)(H,33,42)/t11?,12?,14?,21-,29-/m0/s1. The summed E-state index contributed by atoms with van der Waals surface area (Å²) in [6, 6.07) is -1.84. The third-order valence-electron chi connectivity index (χ3n) is 8.59. The summed E-state index contributed by atoms with van der Waals surface area (Å²) in [6.07, 6.45) is 0.778. The van der Waals surface area contributed by atoms with Crippen molar-refractivity contribution in [1.82, 2.24) is 10.2 Å². The molecule has 3 aliphatic carbocycles. The molecular formula is C29H38ClN5O8. The number of aliphatic hydroxyl groups is 3. The number of ketones is 2. The van der Waals surface area contributed by atoms with Gasteiger partial charge in [0.2, 0.25) is 11.7 Å². The monoisotopic (exact) mass is 619 g/mol. The highest BCUT2D eigenvalue weighted by Gasteiger charge is 2.64. The lowest BCUT2D eigenvalue weighted by Crippen LogP contribution is -2.65. The Bertz CT molecular complexity index is 1490. The van der Waals surface area contributed by atoms with Gasteiger partial charge in [0, 0.05) is 25.6 Å². The van der Waals surface area contributed by atoms with Crippen molar-refractivity contribution in [2.24, 2.45) is 17.6 Å². The Morgan fingerprint density at radius 2 is 1.79 bits per heavy atom. The van der Waals surface area contributed by atoms with Gasteiger partial charge in [0.25, 0.3) is 5.91 Å². The summed E-state index contributed by atoms with van der Waals surface area (Å²) in [5.41, 5.74) is 1.83. The van der Waals surface area contributed by atoms with Crippen LogP contribution in [-0.2, 0) is 25.6 Å². The van der Waals surface area contributed by atoms with Crippen LogP contribution in [-0.4, -0.2) is 101 Å². The zero-order valence-corrected chi connectivity index (χ0v) is 25.7. The number of aliphatic hydroxyl groups excluding tert-OH is 2. The number of benzene rings is 1. The fourth-order valence-electron chi connectivity index (χ4n) is 6.59. The number of hydrogen-bond acceptors (Lipinski definition) is 11. The highest BCUT2D eigenvalue weighted by atomic mass is 35.5. The Morgan fingerprint density at radius 3 is 2.33 bits per heavy atom. The molecule has 43 heavy (non-hydrogen) atoms. The highest BCUT2D eigenvalue weighted by Crippen LogP contribution is 2.56. The molecule has 234 valence electrons. The first-order chi connectivity index (χ1) is 20.0. The molecule has 0 aliphatic heterocycles. The number of rotatable bonds is 8. The largest absolute Gasteiger partial charge is 0.508 e. The van der Waals surface area contributed by atoms with Gasteiger partial charge < -0.3 is 41.7 Å². The minimum Gasteiger partial charge on any atom is -0.508 e. The predicted molar refractivity (Wildman–Crippen MR) is 160 cm³/mol. The Labute approximate surface area is 254 Å². The lowest BCUT2D eigenvalue weighted by Gasteiger charge is -2.50. The van der Waals surface area contributed by atoms with E-state index in [4.69, 9.17) is 17.3 Å². The summed E-state index contributed by atoms with van der Waals surface area (Å²) in [5, 5.41) is 51.5. The molecule has 0 bridgehead atoms. The molecule has 5 atom stereocenters. The molecule has 1 aromatic carbocycles. The second kappa shape index (κ2) is 11.5. The maximum Gasteiger partial charge on any atom is 0.255 e. The molecule has 0 saturated heterocycles. The number of carbonyl (C=O) groups is 4. The number of nitrogens with zero attached hydrogens (tertiary/aromatic N) is 2. The molecule has 13 nitrogen and oxygen atoms in total. The van der Waals surface area contributed by atoms with Crippen LogP contribution in [0.5, 0.6) is 5.75 Å². The minimum absolute atomic E-state index is 0.0119. The van der Waals surface area contributed by atoms with Gasteiger partial charge in [-0.1, -0.05) is 18.5 Å². The molecule has 3 aliphatic rings. The van der Waals surface area contributed by atoms with E-state index in [1.54, 1.807) is 25.9 Å². The molecule has 0 heterocycles. The number of halogens is 1. The summed E-state index contributed by atoms with van der Waals surface area (Å²) in [7, 11) is 6.44. The van der Waals surface area contributed by atoms with Crippen LogP contribution in [0.4, 0.5) is 11.4 Å². The van der Waals surface area contributed by atoms with E-state index in [0.717, 1.165) is 6.42 Å². The number of Topliss-reactive ketones (excluding diaryl/α,β-unsaturated/α-hetero) is 2. The van der Waals surface area contributed by atoms with Crippen LogP contribution in [0.2, 0.25) is 5.02 Å². The second-order valence-corrected chi connectivity index (χ2v) is 12.1. The van der Waals surface area contributed by atoms with Crippen molar-refractivity contribution in [3.63, 3.8) is 0 Å². The SMILES string of the molecule is CCCNC(C)C(=O)Nc1c(O)c2c(c(N(C)C)c1Cl)CC1CC3[C@H](N(C)C)C(=O)C(C(N)=O)=C(O)[C@@]3(O)C(=O)C1=C2O. The van der Waals surface area contributed by atoms with Crippen LogP contribution in [0.3, 0.4) is 0 Å². The lowest BCUT2D eigenvalue weighted by molar-refractivity contribution is -0.153. The zero-order valence-electron chi connectivity index (χ0n) is 24.9. The molecule has 1 saturated carbocycles. The van der Waals surface area contributed by atoms with Crippen LogP contribution in [0.1, 0.15) is 37.8 Å². The van der Waals surface area contributed by atoms with Gasteiger partial charge >= 0.3 is 0 Å². The van der Waals surface area contributed by atoms with E-state index in [2.05, 4.69) is 10.6 Å². The smallest absolute Gasteiger partial charge is 0.255 e. The summed E-state index contributed by atoms with van der Waals surface area (Å²) in [5.74, 6) is -8.17. The van der Waals surface area contributed by atoms with E-state index in [-0.39, 0.29) is 34.7 Å². The quantitative estimate of drug-likeness (QED) is 0.161. The van der Waals surface area contributed by atoms with Gasteiger partial charge in [-0.25, -0.2) is 0 Å². The normalized spacial score (nSPS) is 25.7. The van der Waals surface area contributed by atoms with E-state index < -0.39 is 75.7 Å². The molecule has 2 amide bonds. The summed E-state index contributed by atoms with van der Waals surface area (Å²) in [6.45, 7) is 4.15. The zero-order chi connectivity index (χ0) is 32.3. The number of aromatic hydroxyl groups is 1. The van der Waals surface area contributed by atoms with Gasteiger partial charge in [-0.2, -0.15) is 0 Å². The molecule has 1 aromatic rings. The first kappa shape index (κ1) is 32.3. The van der Waals surface area contributed by atoms with Gasteiger partial charge in [-0.05, 0) is 58.3 Å². The Hall–Kier alpha value is -3.65. The number of anilines is 2. The third kappa shape index (κ3) is 4.84. The van der Waals surface area contributed by atoms with Crippen molar-refractivity contribution in [3.05, 3.63) is 33.1 Å². The first-order valence-corrected chi connectivity index (χ1v) is 14.3. The number of carbonyl (C=O) groups excluding carboxylic acids is 4. The van der Waals surface area contributed by atoms with Crippen LogP contribution in [0, 0.1) is 11.8 Å². The molecule has 8 N–H and O–H groups in total. The van der Waals surface area contributed by atoms with Crippen molar-refractivity contribution in [1.29, 1.82) is 0 Å². The van der Waals surface area contributed by atoms with Gasteiger partial charge in [0.15, 0.2) is 17.1 Å². The van der Waals surface area contributed by atoms with Crippen molar-refractivity contribution < 1.29 is 39.6 Å². The number of fused-ring (bicyclic) bond motifs is 3. The number of nitrogens with one attached hydrogen (secondary N) is 2. The van der Waals surface area contributed by atoms with Gasteiger partial charge in [-0.15, -0.1) is 0 Å². The molecule has 3 unspecified atom stereocenters. The first-order valence-electron chi connectivity index (χ1n) is 14.0. The number of primary amides is 1. The van der Waals surface area contributed by atoms with Crippen LogP contribution in [0.25, 0.3) is 5.76 Å². The summed E-state index contributed by atoms with van der Waals surface area (Å²) >= 11 is 6.76. The average molecular weight is 620 g/mol. The number of nitrogens with two attached hydrogens (primary N) is 1. The highest BCUT2D eigenvalue weighted by molar-refractivity contribution is 6.37. The van der Waals surface area contributed by atoms with Crippen molar-refractivity contribution >= 4 is 52.1 Å². The van der Waals surface area contributed by atoms with Crippen LogP contribution in [0.15, 0.2) is 16.9 Å². The van der Waals surface area contributed by atoms with E-state index in [1.807, 2.05) is 6.92 Å². The van der Waals surface area contributed by atoms with Crippen molar-refractivity contribution in [2.45, 2.75) is 50.8 Å². The maximum atomic E-state index is 14.1. The van der Waals surface area contributed by atoms with Crippen LogP contribution >= 0.6 is 11.6 Å². The number of phenols is 1.